The molecule has 2 rings (SSSR count). The minimum Gasteiger partial charge on any atom is -0.496 e. The molecule has 2 aromatic rings. The fraction of sp³-hybridized carbons (Fsp3) is 0.250. The summed E-state index contributed by atoms with van der Waals surface area (Å²) in [4.78, 5) is 10.7. The van der Waals surface area contributed by atoms with E-state index < -0.39 is 4.92 Å². The maximum absolute atomic E-state index is 11.2. The van der Waals surface area contributed by atoms with E-state index in [1.54, 1.807) is 25.3 Å². The number of nitro benzene ring substituents is 1. The summed E-state index contributed by atoms with van der Waals surface area (Å²) in [6.45, 7) is 0.119. The van der Waals surface area contributed by atoms with E-state index in [1.165, 1.54) is 26.4 Å². The van der Waals surface area contributed by atoms with Crippen molar-refractivity contribution in [3.63, 3.8) is 0 Å². The highest BCUT2D eigenvalue weighted by Gasteiger charge is 2.18. The van der Waals surface area contributed by atoms with E-state index in [4.69, 9.17) is 18.9 Å². The molecule has 0 saturated carbocycles. The van der Waals surface area contributed by atoms with Gasteiger partial charge >= 0.3 is 5.69 Å². The van der Waals surface area contributed by atoms with Crippen LogP contribution in [0.3, 0.4) is 0 Å². The largest absolute Gasteiger partial charge is 0.496 e. The maximum atomic E-state index is 11.2. The number of hydrogen-bond acceptors (Lipinski definition) is 6. The molecule has 0 fully saturated rings. The van der Waals surface area contributed by atoms with Crippen LogP contribution >= 0.6 is 15.9 Å². The zero-order valence-electron chi connectivity index (χ0n) is 13.4. The summed E-state index contributed by atoms with van der Waals surface area (Å²) in [5.41, 5.74) is 0.601. The molecule has 0 radical (unpaired) electrons. The second-order valence-corrected chi connectivity index (χ2v) is 5.45. The summed E-state index contributed by atoms with van der Waals surface area (Å²) in [6.07, 6.45) is 0. The monoisotopic (exact) mass is 397 g/mol. The van der Waals surface area contributed by atoms with E-state index in [1.807, 2.05) is 0 Å². The lowest BCUT2D eigenvalue weighted by Crippen LogP contribution is -2.02. The van der Waals surface area contributed by atoms with Gasteiger partial charge in [-0.15, -0.1) is 0 Å². The second-order valence-electron chi connectivity index (χ2n) is 4.65. The number of ether oxygens (including phenoxy) is 4. The highest BCUT2D eigenvalue weighted by molar-refractivity contribution is 9.10. The summed E-state index contributed by atoms with van der Waals surface area (Å²) in [7, 11) is 4.52. The Kier molecular flexibility index (Phi) is 5.86. The molecule has 7 nitrogen and oxygen atoms in total. The molecular weight excluding hydrogens is 382 g/mol. The molecule has 0 amide bonds. The van der Waals surface area contributed by atoms with Gasteiger partial charge in [-0.2, -0.15) is 0 Å². The summed E-state index contributed by atoms with van der Waals surface area (Å²) in [5.74, 6) is 1.65. The number of benzene rings is 2. The van der Waals surface area contributed by atoms with Gasteiger partial charge in [0.2, 0.25) is 0 Å². The lowest BCUT2D eigenvalue weighted by Gasteiger charge is -2.14. The lowest BCUT2D eigenvalue weighted by atomic mass is 10.2. The van der Waals surface area contributed by atoms with Crippen LogP contribution in [-0.2, 0) is 6.61 Å². The van der Waals surface area contributed by atoms with Gasteiger partial charge in [-0.25, -0.2) is 0 Å². The van der Waals surface area contributed by atoms with Gasteiger partial charge in [-0.3, -0.25) is 10.1 Å². The third-order valence-electron chi connectivity index (χ3n) is 3.31. The van der Waals surface area contributed by atoms with Crippen molar-refractivity contribution in [3.8, 4) is 23.0 Å². The number of halogens is 1. The van der Waals surface area contributed by atoms with Gasteiger partial charge in [-0.1, -0.05) is 6.07 Å². The van der Waals surface area contributed by atoms with Crippen molar-refractivity contribution in [2.75, 3.05) is 21.3 Å². The molecule has 0 spiro atoms. The molecular formula is C16H16BrNO6. The van der Waals surface area contributed by atoms with Crippen LogP contribution in [0.5, 0.6) is 23.0 Å². The molecule has 0 aliphatic carbocycles. The van der Waals surface area contributed by atoms with Crippen molar-refractivity contribution in [1.82, 2.24) is 0 Å². The van der Waals surface area contributed by atoms with Crippen LogP contribution in [0, 0.1) is 10.1 Å². The first-order valence-electron chi connectivity index (χ1n) is 6.86. The zero-order chi connectivity index (χ0) is 17.7. The fourth-order valence-electron chi connectivity index (χ4n) is 2.09. The standard InChI is InChI=1S/C16H16BrNO6/c1-21-11-5-7-13(12(8-11)18(19)20)24-9-10-4-6-14(22-2)16(23-3)15(10)17/h4-8H,9H2,1-3H3. The molecule has 0 aromatic heterocycles. The topological polar surface area (TPSA) is 80.1 Å². The lowest BCUT2D eigenvalue weighted by molar-refractivity contribution is -0.386. The smallest absolute Gasteiger partial charge is 0.314 e. The first kappa shape index (κ1) is 17.9. The van der Waals surface area contributed by atoms with Crippen LogP contribution in [0.1, 0.15) is 5.56 Å². The van der Waals surface area contributed by atoms with Crippen molar-refractivity contribution in [2.24, 2.45) is 0 Å². The van der Waals surface area contributed by atoms with E-state index in [0.717, 1.165) is 5.56 Å². The average Bonchev–Trinajstić information content (AvgIpc) is 2.60. The van der Waals surface area contributed by atoms with Gasteiger partial charge in [0, 0.05) is 5.56 Å². The Bertz CT molecular complexity index is 750. The molecule has 8 heteroatoms. The first-order valence-corrected chi connectivity index (χ1v) is 7.65. The summed E-state index contributed by atoms with van der Waals surface area (Å²) in [6, 6.07) is 7.96. The van der Waals surface area contributed by atoms with E-state index in [9.17, 15) is 10.1 Å². The molecule has 0 N–H and O–H groups in total. The predicted molar refractivity (Wildman–Crippen MR) is 91.2 cm³/mol. The van der Waals surface area contributed by atoms with Gasteiger partial charge in [0.25, 0.3) is 0 Å². The highest BCUT2D eigenvalue weighted by Crippen LogP contribution is 2.38. The SMILES string of the molecule is COc1ccc(OCc2ccc(OC)c(OC)c2Br)c([N+](=O)[O-])c1. The molecule has 0 bridgehead atoms. The number of rotatable bonds is 7. The van der Waals surface area contributed by atoms with Gasteiger partial charge in [0.15, 0.2) is 17.2 Å². The highest BCUT2D eigenvalue weighted by atomic mass is 79.9. The van der Waals surface area contributed by atoms with Crippen LogP contribution in [0.2, 0.25) is 0 Å². The van der Waals surface area contributed by atoms with E-state index in [0.29, 0.717) is 21.7 Å². The van der Waals surface area contributed by atoms with Crippen LogP contribution in [0.15, 0.2) is 34.8 Å². The molecule has 0 atom stereocenters. The fourth-order valence-corrected chi connectivity index (χ4v) is 2.69. The van der Waals surface area contributed by atoms with Crippen molar-refractivity contribution in [3.05, 3.63) is 50.5 Å². The Morgan fingerprint density at radius 1 is 1.04 bits per heavy atom. The molecule has 24 heavy (non-hydrogen) atoms. The number of nitro groups is 1. The Balaban J connectivity index is 2.27. The zero-order valence-corrected chi connectivity index (χ0v) is 15.0. The second kappa shape index (κ2) is 7.87. The van der Waals surface area contributed by atoms with Crippen molar-refractivity contribution in [2.45, 2.75) is 6.61 Å². The quantitative estimate of drug-likeness (QED) is 0.519. The van der Waals surface area contributed by atoms with Gasteiger partial charge in [-0.05, 0) is 34.1 Å². The maximum Gasteiger partial charge on any atom is 0.314 e. The van der Waals surface area contributed by atoms with Crippen LogP contribution in [-0.4, -0.2) is 26.3 Å². The molecule has 0 saturated heterocycles. The summed E-state index contributed by atoms with van der Waals surface area (Å²) in [5, 5.41) is 11.2. The Labute approximate surface area is 147 Å². The first-order chi connectivity index (χ1) is 11.5. The van der Waals surface area contributed by atoms with Gasteiger partial charge in [0.1, 0.15) is 12.4 Å². The van der Waals surface area contributed by atoms with E-state index in [-0.39, 0.29) is 18.0 Å². The number of nitrogens with zero attached hydrogens (tertiary/aromatic N) is 1. The van der Waals surface area contributed by atoms with Crippen molar-refractivity contribution in [1.29, 1.82) is 0 Å². The normalized spacial score (nSPS) is 10.2. The molecule has 0 aliphatic rings. The molecule has 0 heterocycles. The minimum absolute atomic E-state index is 0.119. The van der Waals surface area contributed by atoms with Crippen molar-refractivity contribution < 1.29 is 23.9 Å². The van der Waals surface area contributed by atoms with Crippen molar-refractivity contribution >= 4 is 21.6 Å². The summed E-state index contributed by atoms with van der Waals surface area (Å²) >= 11 is 3.44. The summed E-state index contributed by atoms with van der Waals surface area (Å²) < 4.78 is 21.8. The van der Waals surface area contributed by atoms with Crippen LogP contribution in [0.25, 0.3) is 0 Å². The Hall–Kier alpha value is -2.48. The Morgan fingerprint density at radius 2 is 1.75 bits per heavy atom. The molecule has 0 aliphatic heterocycles. The third kappa shape index (κ3) is 3.70. The Morgan fingerprint density at radius 3 is 2.33 bits per heavy atom. The number of methoxy groups -OCH3 is 3. The average molecular weight is 398 g/mol. The number of hydrogen-bond donors (Lipinski definition) is 0. The molecule has 0 unspecified atom stereocenters. The van der Waals surface area contributed by atoms with Crippen LogP contribution < -0.4 is 18.9 Å². The van der Waals surface area contributed by atoms with E-state index in [2.05, 4.69) is 15.9 Å². The van der Waals surface area contributed by atoms with Gasteiger partial charge in [0.05, 0.1) is 36.8 Å². The predicted octanol–water partition coefficient (Wildman–Crippen LogP) is 3.96. The minimum atomic E-state index is -0.512. The van der Waals surface area contributed by atoms with Crippen LogP contribution in [0.4, 0.5) is 5.69 Å². The molecule has 2 aromatic carbocycles. The molecule has 128 valence electrons. The van der Waals surface area contributed by atoms with Gasteiger partial charge < -0.3 is 18.9 Å². The third-order valence-corrected chi connectivity index (χ3v) is 4.18. The van der Waals surface area contributed by atoms with E-state index >= 15 is 0 Å².